The molecule has 2 aromatic rings. The van der Waals surface area contributed by atoms with E-state index in [-0.39, 0.29) is 18.0 Å². The first-order valence-corrected chi connectivity index (χ1v) is 10.3. The Balaban J connectivity index is 1.55. The quantitative estimate of drug-likeness (QED) is 0.458. The minimum Gasteiger partial charge on any atom is -0.343 e. The second-order valence-corrected chi connectivity index (χ2v) is 8.15. The van der Waals surface area contributed by atoms with Crippen LogP contribution in [0, 0.1) is 5.82 Å². The molecule has 0 bridgehead atoms. The molecule has 1 aliphatic heterocycles. The van der Waals surface area contributed by atoms with Gasteiger partial charge in [0.25, 0.3) is 0 Å². The highest BCUT2D eigenvalue weighted by molar-refractivity contribution is 9.10. The Morgan fingerprint density at radius 1 is 1.19 bits per heavy atom. The van der Waals surface area contributed by atoms with Gasteiger partial charge in [-0.3, -0.25) is 9.59 Å². The fourth-order valence-corrected chi connectivity index (χ4v) is 3.68. The summed E-state index contributed by atoms with van der Waals surface area (Å²) < 4.78 is 52.3. The van der Waals surface area contributed by atoms with Crippen LogP contribution in [0.25, 0.3) is 6.08 Å². The predicted molar refractivity (Wildman–Crippen MR) is 112 cm³/mol. The van der Waals surface area contributed by atoms with Crippen LogP contribution in [0.3, 0.4) is 0 Å². The molecule has 3 rings (SSSR count). The summed E-state index contributed by atoms with van der Waals surface area (Å²) in [6, 6.07) is 5.73. The Hall–Kier alpha value is -2.39. The summed E-state index contributed by atoms with van der Waals surface area (Å²) in [6.07, 6.45) is -2.00. The standard InChI is InChI=1S/C21H16BrClF4N2O2/c22-16-7-13-5-6-29(11-14(13)8-17(16)23)20(31)10-28-19(30)4-2-12-1-3-15(9-18(12)24)21(25,26)27/h1-4,7-9H,5-6,10-11H2,(H,28,30)/b4-2+. The van der Waals surface area contributed by atoms with Gasteiger partial charge in [0.05, 0.1) is 17.1 Å². The van der Waals surface area contributed by atoms with Gasteiger partial charge in [-0.25, -0.2) is 4.39 Å². The van der Waals surface area contributed by atoms with E-state index in [9.17, 15) is 27.2 Å². The third-order valence-electron chi connectivity index (χ3n) is 4.76. The van der Waals surface area contributed by atoms with Gasteiger partial charge in [0.1, 0.15) is 5.82 Å². The van der Waals surface area contributed by atoms with E-state index in [0.29, 0.717) is 30.6 Å². The molecular weight excluding hydrogens is 504 g/mol. The Bertz CT molecular complexity index is 1060. The molecule has 10 heteroatoms. The number of nitrogens with one attached hydrogen (secondary N) is 1. The number of amides is 2. The number of carbonyl (C=O) groups excluding carboxylic acids is 2. The molecule has 0 saturated carbocycles. The van der Waals surface area contributed by atoms with Crippen LogP contribution >= 0.6 is 27.5 Å². The molecule has 2 amide bonds. The number of fused-ring (bicyclic) bond motifs is 1. The maximum absolute atomic E-state index is 13.8. The molecule has 0 radical (unpaired) electrons. The molecule has 1 heterocycles. The number of alkyl halides is 3. The summed E-state index contributed by atoms with van der Waals surface area (Å²) in [5.74, 6) is -2.07. The van der Waals surface area contributed by atoms with E-state index in [1.807, 2.05) is 6.07 Å². The fraction of sp³-hybridized carbons (Fsp3) is 0.238. The third-order valence-corrected chi connectivity index (χ3v) is 5.96. The van der Waals surface area contributed by atoms with Crippen molar-refractivity contribution in [2.24, 2.45) is 0 Å². The lowest BCUT2D eigenvalue weighted by molar-refractivity contribution is -0.137. The summed E-state index contributed by atoms with van der Waals surface area (Å²) in [4.78, 5) is 25.9. The van der Waals surface area contributed by atoms with Gasteiger partial charge < -0.3 is 10.2 Å². The average Bonchev–Trinajstić information content (AvgIpc) is 2.70. The van der Waals surface area contributed by atoms with Crippen LogP contribution in [0.4, 0.5) is 17.6 Å². The molecule has 1 aliphatic rings. The van der Waals surface area contributed by atoms with Gasteiger partial charge in [-0.05, 0) is 63.8 Å². The van der Waals surface area contributed by atoms with Crippen molar-refractivity contribution in [1.82, 2.24) is 10.2 Å². The number of benzene rings is 2. The molecule has 1 N–H and O–H groups in total. The van der Waals surface area contributed by atoms with Gasteiger partial charge in [-0.15, -0.1) is 0 Å². The molecule has 0 fully saturated rings. The van der Waals surface area contributed by atoms with Crippen molar-refractivity contribution in [3.05, 3.63) is 74.0 Å². The van der Waals surface area contributed by atoms with E-state index in [2.05, 4.69) is 21.2 Å². The van der Waals surface area contributed by atoms with E-state index in [4.69, 9.17) is 11.6 Å². The van der Waals surface area contributed by atoms with E-state index in [1.54, 1.807) is 11.0 Å². The molecule has 0 aliphatic carbocycles. The Morgan fingerprint density at radius 3 is 2.61 bits per heavy atom. The monoisotopic (exact) mass is 518 g/mol. The van der Waals surface area contributed by atoms with E-state index >= 15 is 0 Å². The van der Waals surface area contributed by atoms with Crippen LogP contribution in [-0.4, -0.2) is 29.8 Å². The zero-order valence-electron chi connectivity index (χ0n) is 15.9. The topological polar surface area (TPSA) is 49.4 Å². The number of rotatable bonds is 4. The van der Waals surface area contributed by atoms with Crippen molar-refractivity contribution >= 4 is 45.4 Å². The van der Waals surface area contributed by atoms with E-state index in [1.165, 1.54) is 0 Å². The van der Waals surface area contributed by atoms with Crippen LogP contribution in [0.15, 0.2) is 40.9 Å². The van der Waals surface area contributed by atoms with Gasteiger partial charge >= 0.3 is 6.18 Å². The van der Waals surface area contributed by atoms with Crippen molar-refractivity contribution in [3.8, 4) is 0 Å². The highest BCUT2D eigenvalue weighted by Crippen LogP contribution is 2.31. The normalized spacial score (nSPS) is 13.9. The molecule has 2 aromatic carbocycles. The van der Waals surface area contributed by atoms with E-state index in [0.717, 1.165) is 39.9 Å². The lowest BCUT2D eigenvalue weighted by Gasteiger charge is -2.29. The third kappa shape index (κ3) is 5.86. The molecule has 0 aromatic heterocycles. The summed E-state index contributed by atoms with van der Waals surface area (Å²) in [6.45, 7) is 0.588. The lowest BCUT2D eigenvalue weighted by atomic mass is 10.00. The maximum Gasteiger partial charge on any atom is 0.416 e. The van der Waals surface area contributed by atoms with Crippen LogP contribution in [-0.2, 0) is 28.7 Å². The average molecular weight is 520 g/mol. The highest BCUT2D eigenvalue weighted by atomic mass is 79.9. The second kappa shape index (κ2) is 9.40. The summed E-state index contributed by atoms with van der Waals surface area (Å²) in [5.41, 5.74) is 0.724. The minimum atomic E-state index is -4.66. The number of carbonyl (C=O) groups is 2. The minimum absolute atomic E-state index is 0.176. The Morgan fingerprint density at radius 2 is 1.94 bits per heavy atom. The zero-order chi connectivity index (χ0) is 22.8. The Labute approximate surface area is 189 Å². The van der Waals surface area contributed by atoms with Crippen molar-refractivity contribution < 1.29 is 27.2 Å². The first-order valence-electron chi connectivity index (χ1n) is 9.12. The zero-order valence-corrected chi connectivity index (χ0v) is 18.2. The highest BCUT2D eigenvalue weighted by Gasteiger charge is 2.31. The summed E-state index contributed by atoms with van der Waals surface area (Å²) >= 11 is 9.47. The van der Waals surface area contributed by atoms with E-state index < -0.39 is 23.5 Å². The van der Waals surface area contributed by atoms with Crippen LogP contribution < -0.4 is 5.32 Å². The van der Waals surface area contributed by atoms with Gasteiger partial charge in [-0.1, -0.05) is 17.7 Å². The van der Waals surface area contributed by atoms with Gasteiger partial charge in [-0.2, -0.15) is 13.2 Å². The van der Waals surface area contributed by atoms with Crippen molar-refractivity contribution in [2.45, 2.75) is 19.1 Å². The number of hydrogen-bond acceptors (Lipinski definition) is 2. The summed E-state index contributed by atoms with van der Waals surface area (Å²) in [7, 11) is 0. The fourth-order valence-electron chi connectivity index (χ4n) is 3.10. The number of hydrogen-bond donors (Lipinski definition) is 1. The maximum atomic E-state index is 13.8. The van der Waals surface area contributed by atoms with Crippen LogP contribution in [0.5, 0.6) is 0 Å². The van der Waals surface area contributed by atoms with Crippen LogP contribution in [0.2, 0.25) is 5.02 Å². The number of nitrogens with zero attached hydrogens (tertiary/aromatic N) is 1. The van der Waals surface area contributed by atoms with Crippen molar-refractivity contribution in [2.75, 3.05) is 13.1 Å². The van der Waals surface area contributed by atoms with Crippen molar-refractivity contribution in [3.63, 3.8) is 0 Å². The second-order valence-electron chi connectivity index (χ2n) is 6.89. The van der Waals surface area contributed by atoms with Crippen molar-refractivity contribution in [1.29, 1.82) is 0 Å². The molecule has 164 valence electrons. The first-order chi connectivity index (χ1) is 14.5. The van der Waals surface area contributed by atoms with Gasteiger partial charge in [0.2, 0.25) is 11.8 Å². The first kappa shape index (κ1) is 23.3. The van der Waals surface area contributed by atoms with Gasteiger partial charge in [0.15, 0.2) is 0 Å². The largest absolute Gasteiger partial charge is 0.416 e. The molecule has 0 saturated heterocycles. The molecular formula is C21H16BrClF4N2O2. The molecule has 0 unspecified atom stereocenters. The molecule has 0 spiro atoms. The predicted octanol–water partition coefficient (Wildman–Crippen LogP) is 4.97. The van der Waals surface area contributed by atoms with Gasteiger partial charge in [0, 0.05) is 29.2 Å². The molecule has 0 atom stereocenters. The van der Waals surface area contributed by atoms with Crippen LogP contribution in [0.1, 0.15) is 22.3 Å². The lowest BCUT2D eigenvalue weighted by Crippen LogP contribution is -2.42. The number of halogens is 6. The molecule has 31 heavy (non-hydrogen) atoms. The smallest absolute Gasteiger partial charge is 0.343 e. The summed E-state index contributed by atoms with van der Waals surface area (Å²) in [5, 5.41) is 2.94. The Kier molecular flexibility index (Phi) is 7.06. The SMILES string of the molecule is O=C(/C=C/c1ccc(C(F)(F)F)cc1F)NCC(=O)N1CCc2cc(Br)c(Cl)cc2C1. The molecule has 4 nitrogen and oxygen atoms in total.